The number of nitrogens with zero attached hydrogens (tertiary/aromatic N) is 3. The Morgan fingerprint density at radius 2 is 1.86 bits per heavy atom. The topological polar surface area (TPSA) is 86.9 Å². The summed E-state index contributed by atoms with van der Waals surface area (Å²) in [5.74, 6) is 0.728. The van der Waals surface area contributed by atoms with Crippen LogP contribution in [0.25, 0.3) is 0 Å². The number of nitrogens with two attached hydrogens (primary N) is 1. The van der Waals surface area contributed by atoms with Gasteiger partial charge in [0.05, 0.1) is 0 Å². The van der Waals surface area contributed by atoms with Crippen molar-refractivity contribution in [1.82, 2.24) is 14.1 Å². The highest BCUT2D eigenvalue weighted by Crippen LogP contribution is 2.21. The van der Waals surface area contributed by atoms with Gasteiger partial charge in [0.25, 0.3) is 10.2 Å². The Bertz CT molecular complexity index is 472. The van der Waals surface area contributed by atoms with Crippen LogP contribution in [-0.4, -0.2) is 73.7 Å². The smallest absolute Gasteiger partial charge is 0.276 e. The average molecular weight is 318 g/mol. The molecule has 0 radical (unpaired) electrons. The van der Waals surface area contributed by atoms with Gasteiger partial charge in [-0.05, 0) is 26.2 Å². The van der Waals surface area contributed by atoms with Crippen molar-refractivity contribution in [2.45, 2.75) is 32.7 Å². The first-order chi connectivity index (χ1) is 9.77. The first-order valence-corrected chi connectivity index (χ1v) is 9.07. The van der Waals surface area contributed by atoms with E-state index in [1.165, 1.54) is 4.31 Å². The molecule has 2 heterocycles. The number of likely N-dealkylation sites (tertiary alicyclic amines) is 1. The number of amides is 1. The zero-order valence-corrected chi connectivity index (χ0v) is 13.7. The van der Waals surface area contributed by atoms with Crippen LogP contribution in [0.1, 0.15) is 26.7 Å². The lowest BCUT2D eigenvalue weighted by Crippen LogP contribution is -2.53. The molecule has 1 amide bonds. The second-order valence-electron chi connectivity index (χ2n) is 6.29. The summed E-state index contributed by atoms with van der Waals surface area (Å²) in [5.41, 5.74) is 0. The maximum absolute atomic E-state index is 11.9. The summed E-state index contributed by atoms with van der Waals surface area (Å²) in [6.45, 7) is 8.17. The molecule has 0 saturated carbocycles. The van der Waals surface area contributed by atoms with Crippen LogP contribution in [-0.2, 0) is 15.0 Å². The van der Waals surface area contributed by atoms with Crippen LogP contribution in [0.4, 0.5) is 0 Å². The SMILES string of the molecule is CC(C)N1CC(CN2CCN(S(N)(=O)=O)CC2)CCC1=O. The third-order valence-corrected chi connectivity index (χ3v) is 5.46. The van der Waals surface area contributed by atoms with Gasteiger partial charge in [0.2, 0.25) is 5.91 Å². The third-order valence-electron chi connectivity index (χ3n) is 4.37. The summed E-state index contributed by atoms with van der Waals surface area (Å²) in [6, 6.07) is 0.250. The average Bonchev–Trinajstić information content (AvgIpc) is 2.40. The highest BCUT2D eigenvalue weighted by Gasteiger charge is 2.30. The standard InChI is InChI=1S/C13H26N4O3S/c1-11(2)17-10-12(3-4-13(17)18)9-15-5-7-16(8-6-15)21(14,19)20/h11-12H,3-10H2,1-2H3,(H2,14,19,20). The number of piperidine rings is 1. The van der Waals surface area contributed by atoms with E-state index in [1.54, 1.807) is 0 Å². The fourth-order valence-corrected chi connectivity index (χ4v) is 3.79. The monoisotopic (exact) mass is 318 g/mol. The van der Waals surface area contributed by atoms with Crippen molar-refractivity contribution in [3.8, 4) is 0 Å². The number of hydrogen-bond donors (Lipinski definition) is 1. The van der Waals surface area contributed by atoms with Gasteiger partial charge < -0.3 is 9.80 Å². The third kappa shape index (κ3) is 4.38. The number of hydrogen-bond acceptors (Lipinski definition) is 4. The van der Waals surface area contributed by atoms with E-state index < -0.39 is 10.2 Å². The van der Waals surface area contributed by atoms with Crippen molar-refractivity contribution in [1.29, 1.82) is 0 Å². The predicted octanol–water partition coefficient (Wildman–Crippen LogP) is -0.545. The minimum absolute atomic E-state index is 0.250. The molecule has 2 aliphatic heterocycles. The number of carbonyl (C=O) groups excluding carboxylic acids is 1. The summed E-state index contributed by atoms with van der Waals surface area (Å²) in [4.78, 5) is 16.1. The quantitative estimate of drug-likeness (QED) is 0.754. The molecule has 2 N–H and O–H groups in total. The molecule has 2 aliphatic rings. The van der Waals surface area contributed by atoms with Crippen LogP contribution >= 0.6 is 0 Å². The molecule has 2 saturated heterocycles. The van der Waals surface area contributed by atoms with Gasteiger partial charge in [-0.3, -0.25) is 4.79 Å². The zero-order valence-electron chi connectivity index (χ0n) is 12.9. The van der Waals surface area contributed by atoms with Crippen molar-refractivity contribution in [2.75, 3.05) is 39.3 Å². The summed E-state index contributed by atoms with van der Waals surface area (Å²) < 4.78 is 23.9. The molecule has 2 rings (SSSR count). The summed E-state index contributed by atoms with van der Waals surface area (Å²) in [5, 5.41) is 5.14. The second-order valence-corrected chi connectivity index (χ2v) is 7.84. The van der Waals surface area contributed by atoms with Crippen LogP contribution in [0.2, 0.25) is 0 Å². The molecule has 0 aromatic heterocycles. The second kappa shape index (κ2) is 6.60. The van der Waals surface area contributed by atoms with E-state index >= 15 is 0 Å². The van der Waals surface area contributed by atoms with Gasteiger partial charge in [0.15, 0.2) is 0 Å². The molecule has 21 heavy (non-hydrogen) atoms. The molecule has 0 bridgehead atoms. The Morgan fingerprint density at radius 3 is 2.38 bits per heavy atom. The van der Waals surface area contributed by atoms with E-state index in [9.17, 15) is 13.2 Å². The minimum atomic E-state index is -3.56. The Labute approximate surface area is 127 Å². The lowest BCUT2D eigenvalue weighted by Gasteiger charge is -2.39. The predicted molar refractivity (Wildman–Crippen MR) is 80.7 cm³/mol. The molecule has 8 heteroatoms. The van der Waals surface area contributed by atoms with Crippen LogP contribution < -0.4 is 5.14 Å². The van der Waals surface area contributed by atoms with Crippen molar-refractivity contribution in [3.05, 3.63) is 0 Å². The fraction of sp³-hybridized carbons (Fsp3) is 0.923. The van der Waals surface area contributed by atoms with Crippen LogP contribution in [0.3, 0.4) is 0 Å². The van der Waals surface area contributed by atoms with Gasteiger partial charge in [-0.15, -0.1) is 0 Å². The maximum Gasteiger partial charge on any atom is 0.276 e. The first-order valence-electron chi connectivity index (χ1n) is 7.57. The minimum Gasteiger partial charge on any atom is -0.340 e. The highest BCUT2D eigenvalue weighted by atomic mass is 32.2. The first kappa shape index (κ1) is 16.7. The number of piperazine rings is 1. The van der Waals surface area contributed by atoms with E-state index in [-0.39, 0.29) is 11.9 Å². The Kier molecular flexibility index (Phi) is 5.24. The lowest BCUT2D eigenvalue weighted by molar-refractivity contribution is -0.137. The van der Waals surface area contributed by atoms with E-state index in [4.69, 9.17) is 5.14 Å². The molecule has 122 valence electrons. The fourth-order valence-electron chi connectivity index (χ4n) is 3.12. The molecule has 0 aliphatic carbocycles. The number of carbonyl (C=O) groups is 1. The molecule has 0 aromatic rings. The molecule has 0 spiro atoms. The lowest BCUT2D eigenvalue weighted by atomic mass is 9.95. The molecule has 7 nitrogen and oxygen atoms in total. The Balaban J connectivity index is 1.82. The van der Waals surface area contributed by atoms with Gasteiger partial charge >= 0.3 is 0 Å². The van der Waals surface area contributed by atoms with E-state index in [1.807, 2.05) is 18.7 Å². The Morgan fingerprint density at radius 1 is 1.24 bits per heavy atom. The van der Waals surface area contributed by atoms with Crippen molar-refractivity contribution in [3.63, 3.8) is 0 Å². The summed E-state index contributed by atoms with van der Waals surface area (Å²) in [7, 11) is -3.56. The van der Waals surface area contributed by atoms with Gasteiger partial charge in [-0.2, -0.15) is 12.7 Å². The van der Waals surface area contributed by atoms with Gasteiger partial charge in [0.1, 0.15) is 0 Å². The largest absolute Gasteiger partial charge is 0.340 e. The molecular formula is C13H26N4O3S. The Hall–Kier alpha value is -0.700. The molecule has 2 fully saturated rings. The van der Waals surface area contributed by atoms with Crippen molar-refractivity contribution >= 4 is 16.1 Å². The van der Waals surface area contributed by atoms with Crippen molar-refractivity contribution in [2.24, 2.45) is 11.1 Å². The van der Waals surface area contributed by atoms with E-state index in [0.29, 0.717) is 38.5 Å². The van der Waals surface area contributed by atoms with Gasteiger partial charge in [-0.1, -0.05) is 0 Å². The van der Waals surface area contributed by atoms with Crippen LogP contribution in [0.15, 0.2) is 0 Å². The molecule has 0 aromatic carbocycles. The molecular weight excluding hydrogens is 292 g/mol. The van der Waals surface area contributed by atoms with Gasteiger partial charge in [0, 0.05) is 51.7 Å². The number of rotatable bonds is 4. The van der Waals surface area contributed by atoms with E-state index in [0.717, 1.165) is 19.5 Å². The maximum atomic E-state index is 11.9. The van der Waals surface area contributed by atoms with Crippen molar-refractivity contribution < 1.29 is 13.2 Å². The van der Waals surface area contributed by atoms with Crippen LogP contribution in [0.5, 0.6) is 0 Å². The molecule has 1 unspecified atom stereocenters. The zero-order chi connectivity index (χ0) is 15.6. The normalized spacial score (nSPS) is 26.6. The van der Waals surface area contributed by atoms with E-state index in [2.05, 4.69) is 4.90 Å². The van der Waals surface area contributed by atoms with Crippen LogP contribution in [0, 0.1) is 5.92 Å². The summed E-state index contributed by atoms with van der Waals surface area (Å²) in [6.07, 6.45) is 1.55. The summed E-state index contributed by atoms with van der Waals surface area (Å²) >= 11 is 0. The highest BCUT2D eigenvalue weighted by molar-refractivity contribution is 7.86. The van der Waals surface area contributed by atoms with Gasteiger partial charge in [-0.25, -0.2) is 5.14 Å². The molecule has 1 atom stereocenters.